The van der Waals surface area contributed by atoms with Crippen LogP contribution in [0.25, 0.3) is 11.2 Å². The van der Waals surface area contributed by atoms with Crippen LogP contribution < -0.4 is 5.32 Å². The Morgan fingerprint density at radius 1 is 1.28 bits per heavy atom. The molecule has 0 bridgehead atoms. The van der Waals surface area contributed by atoms with Crippen LogP contribution in [0.15, 0.2) is 24.3 Å². The zero-order valence-corrected chi connectivity index (χ0v) is 13.6. The van der Waals surface area contributed by atoms with Crippen LogP contribution in [-0.2, 0) is 4.74 Å². The number of rotatable bonds is 6. The third-order valence-electron chi connectivity index (χ3n) is 4.12. The summed E-state index contributed by atoms with van der Waals surface area (Å²) in [5.41, 5.74) is 1.74. The van der Waals surface area contributed by atoms with Gasteiger partial charge < -0.3 is 30.5 Å². The summed E-state index contributed by atoms with van der Waals surface area (Å²) < 4.78 is 7.01. The highest BCUT2D eigenvalue weighted by molar-refractivity contribution is 5.82. The van der Waals surface area contributed by atoms with E-state index in [0.717, 1.165) is 5.57 Å². The summed E-state index contributed by atoms with van der Waals surface area (Å²) in [6.45, 7) is 1.85. The monoisotopic (exact) mass is 351 g/mol. The molecule has 0 saturated carbocycles. The summed E-state index contributed by atoms with van der Waals surface area (Å²) in [6.07, 6.45) is 0.443. The number of nitrogens with one attached hydrogen (secondary N) is 1. The van der Waals surface area contributed by atoms with Crippen molar-refractivity contribution in [3.63, 3.8) is 0 Å². The highest BCUT2D eigenvalue weighted by Crippen LogP contribution is 2.31. The van der Waals surface area contributed by atoms with Crippen LogP contribution in [0.2, 0.25) is 0 Å². The maximum absolute atomic E-state index is 10.2. The summed E-state index contributed by atoms with van der Waals surface area (Å²) in [7, 11) is 0. The van der Waals surface area contributed by atoms with E-state index >= 15 is 0 Å². The van der Waals surface area contributed by atoms with Gasteiger partial charge in [-0.25, -0.2) is 15.0 Å². The van der Waals surface area contributed by atoms with Gasteiger partial charge in [0.15, 0.2) is 23.2 Å². The second-order valence-corrected chi connectivity index (χ2v) is 5.86. The fourth-order valence-electron chi connectivity index (χ4n) is 2.66. The van der Waals surface area contributed by atoms with Crippen LogP contribution in [0.3, 0.4) is 0 Å². The second kappa shape index (κ2) is 7.42. The van der Waals surface area contributed by atoms with E-state index in [9.17, 15) is 15.3 Å². The Kier molecular flexibility index (Phi) is 5.25. The van der Waals surface area contributed by atoms with E-state index in [1.807, 2.05) is 13.0 Å². The van der Waals surface area contributed by atoms with Crippen molar-refractivity contribution in [2.45, 2.75) is 31.5 Å². The van der Waals surface area contributed by atoms with Gasteiger partial charge in [0.25, 0.3) is 0 Å². The maximum Gasteiger partial charge on any atom is 0.167 e. The molecular weight excluding hydrogens is 330 g/mol. The zero-order valence-electron chi connectivity index (χ0n) is 13.6. The summed E-state index contributed by atoms with van der Waals surface area (Å²) in [6, 6.07) is 0. The Labute approximate surface area is 143 Å². The largest absolute Gasteiger partial charge is 0.394 e. The van der Waals surface area contributed by atoms with Gasteiger partial charge in [-0.3, -0.25) is 4.57 Å². The summed E-state index contributed by atoms with van der Waals surface area (Å²) in [5.74, 6) is 0.498. The average molecular weight is 351 g/mol. The van der Waals surface area contributed by atoms with Crippen molar-refractivity contribution in [3.8, 4) is 0 Å². The molecule has 2 aromatic heterocycles. The van der Waals surface area contributed by atoms with Gasteiger partial charge in [0.05, 0.1) is 19.5 Å². The van der Waals surface area contributed by atoms with Gasteiger partial charge in [-0.1, -0.05) is 11.6 Å². The smallest absolute Gasteiger partial charge is 0.167 e. The molecule has 2 aromatic rings. The number of aliphatic hydroxyl groups is 4. The van der Waals surface area contributed by atoms with E-state index < -0.39 is 31.1 Å². The molecule has 0 spiro atoms. The average Bonchev–Trinajstić information content (AvgIpc) is 3.17. The third-order valence-corrected chi connectivity index (χ3v) is 4.12. The van der Waals surface area contributed by atoms with Crippen LogP contribution in [0, 0.1) is 0 Å². The first kappa shape index (κ1) is 17.7. The normalized spacial score (nSPS) is 27.2. The maximum atomic E-state index is 10.2. The Morgan fingerprint density at radius 3 is 2.76 bits per heavy atom. The molecule has 0 radical (unpaired) electrons. The summed E-state index contributed by atoms with van der Waals surface area (Å²) >= 11 is 0. The Morgan fingerprint density at radius 2 is 2.08 bits per heavy atom. The van der Waals surface area contributed by atoms with Crippen LogP contribution >= 0.6 is 0 Å². The van der Waals surface area contributed by atoms with E-state index in [1.54, 1.807) is 0 Å². The molecule has 1 fully saturated rings. The fraction of sp³-hybridized carbons (Fsp3) is 0.533. The number of aromatic nitrogens is 4. The van der Waals surface area contributed by atoms with Crippen LogP contribution in [0.4, 0.5) is 5.82 Å². The summed E-state index contributed by atoms with van der Waals surface area (Å²) in [4.78, 5) is 12.6. The minimum atomic E-state index is -1.21. The lowest BCUT2D eigenvalue weighted by atomic mass is 10.1. The first-order valence-corrected chi connectivity index (χ1v) is 7.87. The second-order valence-electron chi connectivity index (χ2n) is 5.86. The number of hydrogen-bond acceptors (Lipinski definition) is 9. The van der Waals surface area contributed by atoms with Crippen LogP contribution in [0.5, 0.6) is 0 Å². The third kappa shape index (κ3) is 3.34. The molecule has 3 heterocycles. The number of aliphatic hydroxyl groups excluding tert-OH is 4. The van der Waals surface area contributed by atoms with E-state index in [4.69, 9.17) is 9.84 Å². The van der Waals surface area contributed by atoms with Gasteiger partial charge in [-0.15, -0.1) is 0 Å². The molecule has 3 rings (SSSR count). The van der Waals surface area contributed by atoms with Gasteiger partial charge in [0, 0.05) is 6.54 Å². The SMILES string of the molecule is C/C(=C\CNc1ncnc2c1ncn2[C@@H]1O[C@H](CO)C(O)[C@@H]1O)CO. The minimum Gasteiger partial charge on any atom is -0.394 e. The van der Waals surface area contributed by atoms with Gasteiger partial charge in [0.1, 0.15) is 24.6 Å². The van der Waals surface area contributed by atoms with Gasteiger partial charge in [0.2, 0.25) is 0 Å². The Balaban J connectivity index is 1.86. The predicted octanol–water partition coefficient (Wildman–Crippen LogP) is -1.21. The molecule has 1 aliphatic heterocycles. The summed E-state index contributed by atoms with van der Waals surface area (Å²) in [5, 5.41) is 41.4. The van der Waals surface area contributed by atoms with E-state index in [0.29, 0.717) is 23.5 Å². The van der Waals surface area contributed by atoms with Gasteiger partial charge in [-0.2, -0.15) is 0 Å². The van der Waals surface area contributed by atoms with Gasteiger partial charge >= 0.3 is 0 Å². The topological polar surface area (TPSA) is 146 Å². The molecule has 1 saturated heterocycles. The Hall–Kier alpha value is -2.11. The molecule has 0 aromatic carbocycles. The highest BCUT2D eigenvalue weighted by atomic mass is 16.6. The van der Waals surface area contributed by atoms with Crippen molar-refractivity contribution in [1.29, 1.82) is 0 Å². The molecular formula is C15H21N5O5. The number of fused-ring (bicyclic) bond motifs is 1. The fourth-order valence-corrected chi connectivity index (χ4v) is 2.66. The molecule has 4 atom stereocenters. The standard InChI is InChI=1S/C15H21N5O5/c1-8(4-21)2-3-16-13-10-14(18-6-17-13)20(7-19-10)15-12(24)11(23)9(5-22)25-15/h2,6-7,9,11-12,15,21-24H,3-5H2,1H3,(H,16,17,18)/b8-2+/t9-,11?,12+,15-/m1/s1. The van der Waals surface area contributed by atoms with Crippen molar-refractivity contribution < 1.29 is 25.2 Å². The van der Waals surface area contributed by atoms with Gasteiger partial charge in [-0.05, 0) is 6.92 Å². The molecule has 136 valence electrons. The first-order chi connectivity index (χ1) is 12.1. The quantitative estimate of drug-likeness (QED) is 0.404. The molecule has 0 amide bonds. The number of nitrogens with zero attached hydrogens (tertiary/aromatic N) is 4. The van der Waals surface area contributed by atoms with Crippen molar-refractivity contribution in [2.24, 2.45) is 0 Å². The van der Waals surface area contributed by atoms with E-state index in [1.165, 1.54) is 17.2 Å². The van der Waals surface area contributed by atoms with Crippen molar-refractivity contribution in [1.82, 2.24) is 19.5 Å². The number of hydrogen-bond donors (Lipinski definition) is 5. The lowest BCUT2D eigenvalue weighted by Crippen LogP contribution is -2.33. The molecule has 1 aliphatic rings. The van der Waals surface area contributed by atoms with E-state index in [-0.39, 0.29) is 6.61 Å². The number of ether oxygens (including phenoxy) is 1. The lowest BCUT2D eigenvalue weighted by molar-refractivity contribution is -0.0511. The predicted molar refractivity (Wildman–Crippen MR) is 87.7 cm³/mol. The molecule has 10 heteroatoms. The first-order valence-electron chi connectivity index (χ1n) is 7.87. The highest BCUT2D eigenvalue weighted by Gasteiger charge is 2.44. The van der Waals surface area contributed by atoms with E-state index in [2.05, 4.69) is 20.3 Å². The van der Waals surface area contributed by atoms with Crippen molar-refractivity contribution in [3.05, 3.63) is 24.3 Å². The van der Waals surface area contributed by atoms with Crippen LogP contribution in [-0.4, -0.2) is 78.0 Å². The molecule has 1 unspecified atom stereocenters. The molecule has 10 nitrogen and oxygen atoms in total. The molecule has 5 N–H and O–H groups in total. The number of anilines is 1. The van der Waals surface area contributed by atoms with Crippen molar-refractivity contribution in [2.75, 3.05) is 25.1 Å². The molecule has 0 aliphatic carbocycles. The lowest BCUT2D eigenvalue weighted by Gasteiger charge is -2.16. The Bertz CT molecular complexity index is 764. The van der Waals surface area contributed by atoms with Crippen molar-refractivity contribution >= 4 is 17.0 Å². The number of imidazole rings is 1. The van der Waals surface area contributed by atoms with Crippen LogP contribution in [0.1, 0.15) is 13.2 Å². The minimum absolute atomic E-state index is 0.0131. The zero-order chi connectivity index (χ0) is 18.0. The molecule has 25 heavy (non-hydrogen) atoms.